The van der Waals surface area contributed by atoms with Crippen molar-refractivity contribution >= 4 is 11.3 Å². The number of aryl methyl sites for hydroxylation is 1. The van der Waals surface area contributed by atoms with Gasteiger partial charge in [0, 0.05) is 48.3 Å². The van der Waals surface area contributed by atoms with E-state index in [1.54, 1.807) is 11.3 Å². The third-order valence-corrected chi connectivity index (χ3v) is 6.96. The third kappa shape index (κ3) is 4.53. The molecule has 9 heteroatoms. The lowest BCUT2D eigenvalue weighted by molar-refractivity contribution is -0.137. The van der Waals surface area contributed by atoms with Crippen molar-refractivity contribution in [1.29, 1.82) is 0 Å². The summed E-state index contributed by atoms with van der Waals surface area (Å²) in [5.74, 6) is 0.288. The molecule has 5 rings (SSSR count). The van der Waals surface area contributed by atoms with Crippen molar-refractivity contribution in [2.24, 2.45) is 0 Å². The Kier molecular flexibility index (Phi) is 5.83. The van der Waals surface area contributed by atoms with Crippen LogP contribution in [0, 0.1) is 6.92 Å². The van der Waals surface area contributed by atoms with Gasteiger partial charge in [0.2, 0.25) is 0 Å². The lowest BCUT2D eigenvalue weighted by Gasteiger charge is -2.27. The van der Waals surface area contributed by atoms with Crippen molar-refractivity contribution in [1.82, 2.24) is 19.9 Å². The van der Waals surface area contributed by atoms with E-state index in [1.807, 2.05) is 18.3 Å². The second-order valence-corrected chi connectivity index (χ2v) is 9.44. The molecule has 34 heavy (non-hydrogen) atoms. The zero-order valence-corrected chi connectivity index (χ0v) is 19.1. The number of nitrogens with one attached hydrogen (secondary N) is 1. The Morgan fingerprint density at radius 1 is 1.12 bits per heavy atom. The fourth-order valence-electron chi connectivity index (χ4n) is 4.11. The second-order valence-electron chi connectivity index (χ2n) is 8.32. The molecule has 1 aliphatic rings. The van der Waals surface area contributed by atoms with Crippen LogP contribution in [0.5, 0.6) is 0 Å². The van der Waals surface area contributed by atoms with Crippen LogP contribution in [0.1, 0.15) is 27.3 Å². The molecular formula is C25H21F3N4OS. The van der Waals surface area contributed by atoms with Crippen LogP contribution in [0.25, 0.3) is 22.0 Å². The van der Waals surface area contributed by atoms with Gasteiger partial charge in [-0.1, -0.05) is 36.4 Å². The molecule has 0 aliphatic carbocycles. The molecule has 0 atom stereocenters. The highest BCUT2D eigenvalue weighted by molar-refractivity contribution is 7.15. The molecule has 3 heterocycles. The molecule has 174 valence electrons. The van der Waals surface area contributed by atoms with Crippen LogP contribution >= 0.6 is 11.3 Å². The number of thiazole rings is 1. The van der Waals surface area contributed by atoms with Crippen molar-refractivity contribution in [2.75, 3.05) is 6.54 Å². The molecule has 0 bridgehead atoms. The molecule has 1 aliphatic heterocycles. The molecule has 0 unspecified atom stereocenters. The summed E-state index contributed by atoms with van der Waals surface area (Å²) < 4.78 is 38.5. The quantitative estimate of drug-likeness (QED) is 0.421. The van der Waals surface area contributed by atoms with Gasteiger partial charge >= 0.3 is 6.18 Å². The van der Waals surface area contributed by atoms with Crippen molar-refractivity contribution < 1.29 is 13.2 Å². The van der Waals surface area contributed by atoms with Gasteiger partial charge in [-0.25, -0.2) is 9.97 Å². The van der Waals surface area contributed by atoms with Crippen molar-refractivity contribution in [3.63, 3.8) is 0 Å². The largest absolute Gasteiger partial charge is 0.416 e. The summed E-state index contributed by atoms with van der Waals surface area (Å²) >= 11 is 1.65. The fourth-order valence-corrected chi connectivity index (χ4v) is 5.15. The van der Waals surface area contributed by atoms with E-state index in [4.69, 9.17) is 0 Å². The Morgan fingerprint density at radius 3 is 2.62 bits per heavy atom. The van der Waals surface area contributed by atoms with Crippen molar-refractivity contribution in [3.05, 3.63) is 92.3 Å². The second kappa shape index (κ2) is 8.81. The first-order valence-electron chi connectivity index (χ1n) is 10.8. The highest BCUT2D eigenvalue weighted by Gasteiger charge is 2.30. The molecule has 0 fully saturated rings. The van der Waals surface area contributed by atoms with Gasteiger partial charge in [-0.05, 0) is 24.6 Å². The number of nitrogens with zero attached hydrogens (tertiary/aromatic N) is 3. The summed E-state index contributed by atoms with van der Waals surface area (Å²) in [5, 5.41) is 0.978. The first-order valence-corrected chi connectivity index (χ1v) is 11.6. The average molecular weight is 483 g/mol. The first-order chi connectivity index (χ1) is 16.3. The first kappa shape index (κ1) is 22.5. The van der Waals surface area contributed by atoms with Gasteiger partial charge in [0.05, 0.1) is 16.8 Å². The third-order valence-electron chi connectivity index (χ3n) is 5.94. The lowest BCUT2D eigenvalue weighted by Crippen LogP contribution is -2.35. The fraction of sp³-hybridized carbons (Fsp3) is 0.240. The van der Waals surface area contributed by atoms with Crippen LogP contribution in [-0.2, 0) is 25.7 Å². The Hall–Kier alpha value is -3.30. The molecule has 4 aromatic rings. The zero-order chi connectivity index (χ0) is 23.9. The maximum Gasteiger partial charge on any atom is 0.416 e. The monoisotopic (exact) mass is 482 g/mol. The van der Waals surface area contributed by atoms with Gasteiger partial charge in [-0.3, -0.25) is 9.69 Å². The lowest BCUT2D eigenvalue weighted by atomic mass is 10.1. The number of aromatic nitrogens is 3. The normalized spacial score (nSPS) is 14.2. The number of fused-ring (bicyclic) bond motifs is 1. The van der Waals surface area contributed by atoms with Gasteiger partial charge in [0.1, 0.15) is 10.8 Å². The summed E-state index contributed by atoms with van der Waals surface area (Å²) in [6.45, 7) is 3.94. The summed E-state index contributed by atoms with van der Waals surface area (Å²) in [5.41, 5.74) is 3.06. The minimum Gasteiger partial charge on any atom is -0.306 e. The predicted molar refractivity (Wildman–Crippen MR) is 125 cm³/mol. The molecule has 0 amide bonds. The van der Waals surface area contributed by atoms with Crippen LogP contribution in [0.4, 0.5) is 13.2 Å². The molecule has 1 N–H and O–H groups in total. The summed E-state index contributed by atoms with van der Waals surface area (Å²) in [6, 6.07) is 12.8. The van der Waals surface area contributed by atoms with Crippen LogP contribution < -0.4 is 5.56 Å². The summed E-state index contributed by atoms with van der Waals surface area (Å²) in [6.07, 6.45) is -1.92. The van der Waals surface area contributed by atoms with Crippen LogP contribution in [0.15, 0.2) is 59.5 Å². The zero-order valence-electron chi connectivity index (χ0n) is 18.3. The number of benzene rings is 2. The van der Waals surface area contributed by atoms with E-state index in [0.29, 0.717) is 36.3 Å². The number of hydrogen-bond donors (Lipinski definition) is 1. The summed E-state index contributed by atoms with van der Waals surface area (Å²) in [7, 11) is 0. The van der Waals surface area contributed by atoms with Crippen molar-refractivity contribution in [3.8, 4) is 22.0 Å². The van der Waals surface area contributed by atoms with Gasteiger partial charge in [0.25, 0.3) is 5.56 Å². The number of aromatic amines is 1. The predicted octanol–water partition coefficient (Wildman–Crippen LogP) is 5.45. The Morgan fingerprint density at radius 2 is 1.88 bits per heavy atom. The van der Waals surface area contributed by atoms with E-state index in [9.17, 15) is 18.0 Å². The molecule has 2 aromatic heterocycles. The Balaban J connectivity index is 1.32. The van der Waals surface area contributed by atoms with Crippen molar-refractivity contribution in [2.45, 2.75) is 32.6 Å². The minimum atomic E-state index is -4.41. The maximum atomic E-state index is 12.8. The number of H-pyrrole nitrogens is 1. The molecule has 0 saturated carbocycles. The minimum absolute atomic E-state index is 0.255. The van der Waals surface area contributed by atoms with Crippen LogP contribution in [0.3, 0.4) is 0 Å². The molecule has 5 nitrogen and oxygen atoms in total. The van der Waals surface area contributed by atoms with E-state index < -0.39 is 11.7 Å². The average Bonchev–Trinajstić information content (AvgIpc) is 3.27. The van der Waals surface area contributed by atoms with Gasteiger partial charge in [0.15, 0.2) is 0 Å². The molecule has 0 spiro atoms. The molecular weight excluding hydrogens is 461 g/mol. The van der Waals surface area contributed by atoms with Gasteiger partial charge in [-0.15, -0.1) is 11.3 Å². The maximum absolute atomic E-state index is 12.8. The standard InChI is InChI=1S/C25H21F3N4OS/c1-15-4-2-3-5-19(15)24-29-12-18(34-24)13-32-11-10-21-20(14-32)23(33)31-22(30-21)16-6-8-17(9-7-16)25(26,27)28/h2-9,12H,10-11,13-14H2,1H3,(H,30,31,33). The SMILES string of the molecule is Cc1ccccc1-c1ncc(CN2CCc3nc(-c4ccc(C(F)(F)F)cc4)[nH]c(=O)c3C2)s1. The smallest absolute Gasteiger partial charge is 0.306 e. The highest BCUT2D eigenvalue weighted by atomic mass is 32.1. The number of rotatable bonds is 4. The summed E-state index contributed by atoms with van der Waals surface area (Å²) in [4.78, 5) is 28.0. The van der Waals surface area contributed by atoms with Crippen LogP contribution in [-0.4, -0.2) is 26.4 Å². The number of alkyl halides is 3. The van der Waals surface area contributed by atoms with E-state index in [1.165, 1.54) is 17.7 Å². The Bertz CT molecular complexity index is 1390. The number of hydrogen-bond acceptors (Lipinski definition) is 5. The molecule has 0 radical (unpaired) electrons. The van der Waals surface area contributed by atoms with Gasteiger partial charge in [-0.2, -0.15) is 13.2 Å². The van der Waals surface area contributed by atoms with Gasteiger partial charge < -0.3 is 4.98 Å². The van der Waals surface area contributed by atoms with Crippen LogP contribution in [0.2, 0.25) is 0 Å². The van der Waals surface area contributed by atoms with E-state index in [0.717, 1.165) is 34.1 Å². The van der Waals surface area contributed by atoms with E-state index >= 15 is 0 Å². The topological polar surface area (TPSA) is 61.9 Å². The molecule has 0 saturated heterocycles. The Labute approximate surface area is 198 Å². The highest BCUT2D eigenvalue weighted by Crippen LogP contribution is 2.31. The molecule has 2 aromatic carbocycles. The number of halogens is 3. The van der Waals surface area contributed by atoms with E-state index in [2.05, 4.69) is 38.9 Å². The van der Waals surface area contributed by atoms with E-state index in [-0.39, 0.29) is 11.4 Å².